The van der Waals surface area contributed by atoms with E-state index < -0.39 is 6.36 Å². The molecule has 0 amide bonds. The Labute approximate surface area is 141 Å². The molecular formula is C16H17F3N4O2. The lowest BCUT2D eigenvalue weighted by Crippen LogP contribution is -2.24. The largest absolute Gasteiger partial charge is 0.573 e. The monoisotopic (exact) mass is 354 g/mol. The van der Waals surface area contributed by atoms with E-state index in [9.17, 15) is 13.2 Å². The van der Waals surface area contributed by atoms with E-state index in [1.165, 1.54) is 18.2 Å². The number of nitrogens with zero attached hydrogens (tertiary/aromatic N) is 2. The van der Waals surface area contributed by atoms with Gasteiger partial charge in [-0.25, -0.2) is 4.99 Å². The Balaban J connectivity index is 1.69. The number of alkyl halides is 3. The molecule has 0 unspecified atom stereocenters. The van der Waals surface area contributed by atoms with Gasteiger partial charge in [0.15, 0.2) is 11.7 Å². The van der Waals surface area contributed by atoms with Crippen molar-refractivity contribution in [1.29, 1.82) is 0 Å². The van der Waals surface area contributed by atoms with Crippen LogP contribution in [-0.4, -0.2) is 17.5 Å². The second-order valence-electron chi connectivity index (χ2n) is 5.61. The first-order valence-electron chi connectivity index (χ1n) is 7.80. The number of halogens is 3. The summed E-state index contributed by atoms with van der Waals surface area (Å²) >= 11 is 0. The van der Waals surface area contributed by atoms with Gasteiger partial charge < -0.3 is 20.3 Å². The molecule has 0 fully saturated rings. The molecule has 0 atom stereocenters. The highest BCUT2D eigenvalue weighted by atomic mass is 19.4. The summed E-state index contributed by atoms with van der Waals surface area (Å²) in [6, 6.07) is 5.60. The summed E-state index contributed by atoms with van der Waals surface area (Å²) < 4.78 is 46.5. The molecule has 0 saturated carbocycles. The van der Waals surface area contributed by atoms with Gasteiger partial charge in [-0.2, -0.15) is 0 Å². The second-order valence-corrected chi connectivity index (χ2v) is 5.61. The number of guanidine groups is 1. The van der Waals surface area contributed by atoms with Crippen LogP contribution >= 0.6 is 0 Å². The maximum atomic E-state index is 12.4. The van der Waals surface area contributed by atoms with Crippen LogP contribution in [0.3, 0.4) is 0 Å². The summed E-state index contributed by atoms with van der Waals surface area (Å²) in [6.45, 7) is 0.194. The number of anilines is 1. The third-order valence-corrected chi connectivity index (χ3v) is 3.81. The number of nitrogens with one attached hydrogen (secondary N) is 1. The van der Waals surface area contributed by atoms with Crippen LogP contribution in [0.25, 0.3) is 0 Å². The van der Waals surface area contributed by atoms with Gasteiger partial charge in [0.2, 0.25) is 0 Å². The molecule has 1 aromatic heterocycles. The SMILES string of the molecule is NC(=NCc1noc2c1CCCC2)Nc1ccccc1OC(F)(F)F. The predicted molar refractivity (Wildman–Crippen MR) is 85.2 cm³/mol. The highest BCUT2D eigenvalue weighted by Gasteiger charge is 2.32. The maximum absolute atomic E-state index is 12.4. The third kappa shape index (κ3) is 4.43. The van der Waals surface area contributed by atoms with Gasteiger partial charge in [-0.1, -0.05) is 17.3 Å². The van der Waals surface area contributed by atoms with Gasteiger partial charge in [0.05, 0.1) is 12.2 Å². The molecule has 1 heterocycles. The lowest BCUT2D eigenvalue weighted by atomic mass is 9.96. The van der Waals surface area contributed by atoms with Crippen molar-refractivity contribution in [3.63, 3.8) is 0 Å². The number of nitrogens with two attached hydrogens (primary N) is 1. The van der Waals surface area contributed by atoms with Crippen LogP contribution in [-0.2, 0) is 19.4 Å². The quantitative estimate of drug-likeness (QED) is 0.649. The summed E-state index contributed by atoms with van der Waals surface area (Å²) in [4.78, 5) is 4.13. The number of ether oxygens (including phenoxy) is 1. The number of aryl methyl sites for hydroxylation is 1. The fourth-order valence-corrected chi connectivity index (χ4v) is 2.69. The Kier molecular flexibility index (Phi) is 4.82. The minimum absolute atomic E-state index is 0.0363. The topological polar surface area (TPSA) is 85.7 Å². The van der Waals surface area contributed by atoms with Crippen molar-refractivity contribution in [2.45, 2.75) is 38.6 Å². The molecular weight excluding hydrogens is 337 g/mol. The van der Waals surface area contributed by atoms with Crippen LogP contribution in [0.2, 0.25) is 0 Å². The molecule has 0 spiro atoms. The summed E-state index contributed by atoms with van der Waals surface area (Å²) in [5.41, 5.74) is 7.61. The molecule has 25 heavy (non-hydrogen) atoms. The number of para-hydroxylation sites is 2. The van der Waals surface area contributed by atoms with Crippen molar-refractivity contribution < 1.29 is 22.4 Å². The molecule has 0 bridgehead atoms. The molecule has 1 aliphatic carbocycles. The minimum Gasteiger partial charge on any atom is -0.404 e. The first-order valence-corrected chi connectivity index (χ1v) is 7.80. The van der Waals surface area contributed by atoms with E-state index in [-0.39, 0.29) is 23.9 Å². The highest BCUT2D eigenvalue weighted by Crippen LogP contribution is 2.30. The molecule has 1 aliphatic rings. The summed E-state index contributed by atoms with van der Waals surface area (Å²) in [5, 5.41) is 6.62. The zero-order chi connectivity index (χ0) is 17.9. The molecule has 0 saturated heterocycles. The molecule has 2 aromatic rings. The highest BCUT2D eigenvalue weighted by molar-refractivity contribution is 5.93. The molecule has 6 nitrogen and oxygen atoms in total. The van der Waals surface area contributed by atoms with E-state index in [1.807, 2.05) is 0 Å². The van der Waals surface area contributed by atoms with Crippen molar-refractivity contribution in [2.75, 3.05) is 5.32 Å². The zero-order valence-corrected chi connectivity index (χ0v) is 13.3. The molecule has 1 aromatic carbocycles. The van der Waals surface area contributed by atoms with Crippen molar-refractivity contribution in [3.05, 3.63) is 41.3 Å². The second kappa shape index (κ2) is 7.04. The van der Waals surface area contributed by atoms with E-state index in [1.54, 1.807) is 6.07 Å². The first kappa shape index (κ1) is 17.1. The Morgan fingerprint density at radius 1 is 1.28 bits per heavy atom. The van der Waals surface area contributed by atoms with Gasteiger partial charge in [0, 0.05) is 12.0 Å². The number of aromatic nitrogens is 1. The third-order valence-electron chi connectivity index (χ3n) is 3.81. The van der Waals surface area contributed by atoms with E-state index in [0.29, 0.717) is 5.69 Å². The number of fused-ring (bicyclic) bond motifs is 1. The minimum atomic E-state index is -4.79. The van der Waals surface area contributed by atoms with Crippen molar-refractivity contribution in [1.82, 2.24) is 5.16 Å². The van der Waals surface area contributed by atoms with Gasteiger partial charge in [-0.3, -0.25) is 0 Å². The number of rotatable bonds is 4. The molecule has 0 radical (unpaired) electrons. The molecule has 3 N–H and O–H groups in total. The Hall–Kier alpha value is -2.71. The Morgan fingerprint density at radius 3 is 2.84 bits per heavy atom. The van der Waals surface area contributed by atoms with Gasteiger partial charge in [0.25, 0.3) is 0 Å². The van der Waals surface area contributed by atoms with Crippen LogP contribution in [0.15, 0.2) is 33.8 Å². The molecule has 3 rings (SSSR count). The van der Waals surface area contributed by atoms with Crippen LogP contribution in [0.5, 0.6) is 5.75 Å². The smallest absolute Gasteiger partial charge is 0.404 e. The van der Waals surface area contributed by atoms with E-state index >= 15 is 0 Å². The summed E-state index contributed by atoms with van der Waals surface area (Å²) in [7, 11) is 0. The maximum Gasteiger partial charge on any atom is 0.573 e. The van der Waals surface area contributed by atoms with Gasteiger partial charge in [0.1, 0.15) is 11.5 Å². The van der Waals surface area contributed by atoms with Crippen LogP contribution in [0.1, 0.15) is 29.9 Å². The number of benzene rings is 1. The van der Waals surface area contributed by atoms with E-state index in [0.717, 1.165) is 37.0 Å². The molecule has 0 aliphatic heterocycles. The fourth-order valence-electron chi connectivity index (χ4n) is 2.69. The Bertz CT molecular complexity index is 771. The first-order chi connectivity index (χ1) is 11.9. The average molecular weight is 354 g/mol. The number of aliphatic imine (C=N–C) groups is 1. The fraction of sp³-hybridized carbons (Fsp3) is 0.375. The normalized spacial score (nSPS) is 14.9. The van der Waals surface area contributed by atoms with Crippen molar-refractivity contribution >= 4 is 11.6 Å². The van der Waals surface area contributed by atoms with Crippen molar-refractivity contribution in [3.8, 4) is 5.75 Å². The van der Waals surface area contributed by atoms with E-state index in [2.05, 4.69) is 20.2 Å². The van der Waals surface area contributed by atoms with Gasteiger partial charge >= 0.3 is 6.36 Å². The van der Waals surface area contributed by atoms with E-state index in [4.69, 9.17) is 10.3 Å². The molecule has 9 heteroatoms. The Morgan fingerprint density at radius 2 is 2.04 bits per heavy atom. The summed E-state index contributed by atoms with van der Waals surface area (Å²) in [5.74, 6) is 0.463. The number of hydrogen-bond donors (Lipinski definition) is 2. The lowest BCUT2D eigenvalue weighted by Gasteiger charge is -2.14. The lowest BCUT2D eigenvalue weighted by molar-refractivity contribution is -0.274. The van der Waals surface area contributed by atoms with Crippen LogP contribution in [0.4, 0.5) is 18.9 Å². The summed E-state index contributed by atoms with van der Waals surface area (Å²) in [6.07, 6.45) is -0.893. The zero-order valence-electron chi connectivity index (χ0n) is 13.3. The predicted octanol–water partition coefficient (Wildman–Crippen LogP) is 3.38. The van der Waals surface area contributed by atoms with Crippen LogP contribution in [0, 0.1) is 0 Å². The van der Waals surface area contributed by atoms with Crippen LogP contribution < -0.4 is 15.8 Å². The number of hydrogen-bond acceptors (Lipinski definition) is 4. The average Bonchev–Trinajstić information content (AvgIpc) is 2.97. The standard InChI is InChI=1S/C16H17F3N4O2/c17-16(18,19)24-14-8-4-2-6-11(14)22-15(20)21-9-12-10-5-1-3-7-13(10)25-23-12/h2,4,6,8H,1,3,5,7,9H2,(H3,20,21,22). The van der Waals surface area contributed by atoms with Gasteiger partial charge in [-0.15, -0.1) is 13.2 Å². The van der Waals surface area contributed by atoms with Crippen molar-refractivity contribution in [2.24, 2.45) is 10.7 Å². The van der Waals surface area contributed by atoms with Gasteiger partial charge in [-0.05, 0) is 31.4 Å². The molecule has 134 valence electrons.